The van der Waals surface area contributed by atoms with Crippen molar-refractivity contribution < 1.29 is 5.11 Å². The van der Waals surface area contributed by atoms with Crippen molar-refractivity contribution in [3.63, 3.8) is 0 Å². The first-order valence-corrected chi connectivity index (χ1v) is 4.31. The molecule has 0 radical (unpaired) electrons. The fourth-order valence-electron chi connectivity index (χ4n) is 1.55. The molecule has 0 spiro atoms. The van der Waals surface area contributed by atoms with E-state index in [2.05, 4.69) is 5.18 Å². The molecular weight excluding hydrogens is 178 g/mol. The summed E-state index contributed by atoms with van der Waals surface area (Å²) in [7, 11) is 0. The number of hydrogen-bond acceptors (Lipinski definition) is 3. The van der Waals surface area contributed by atoms with E-state index in [1.54, 1.807) is 12.1 Å². The molecule has 70 valence electrons. The van der Waals surface area contributed by atoms with Gasteiger partial charge in [-0.1, -0.05) is 35.5 Å². The Hall–Kier alpha value is -1.90. The maximum Gasteiger partial charge on any atom is 0.123 e. The van der Waals surface area contributed by atoms with Gasteiger partial charge in [0.05, 0.1) is 0 Å². The molecule has 0 fully saturated rings. The summed E-state index contributed by atoms with van der Waals surface area (Å²) >= 11 is 0. The van der Waals surface area contributed by atoms with Gasteiger partial charge in [-0.05, 0) is 17.0 Å². The Morgan fingerprint density at radius 2 is 1.79 bits per heavy atom. The van der Waals surface area contributed by atoms with E-state index in [9.17, 15) is 10.0 Å². The third-order valence-electron chi connectivity index (χ3n) is 2.23. The van der Waals surface area contributed by atoms with Gasteiger partial charge in [-0.2, -0.15) is 4.91 Å². The molecule has 0 amide bonds. The van der Waals surface area contributed by atoms with Crippen LogP contribution in [0.4, 0.5) is 0 Å². The van der Waals surface area contributed by atoms with Gasteiger partial charge >= 0.3 is 0 Å². The minimum Gasteiger partial charge on any atom is -0.507 e. The summed E-state index contributed by atoms with van der Waals surface area (Å²) in [5.41, 5.74) is 0.841. The van der Waals surface area contributed by atoms with Crippen LogP contribution in [0.5, 0.6) is 5.75 Å². The van der Waals surface area contributed by atoms with E-state index in [1.807, 2.05) is 24.3 Å². The van der Waals surface area contributed by atoms with E-state index in [0.717, 1.165) is 16.3 Å². The molecule has 0 aliphatic rings. The van der Waals surface area contributed by atoms with Gasteiger partial charge < -0.3 is 5.11 Å². The van der Waals surface area contributed by atoms with Gasteiger partial charge in [0, 0.05) is 5.39 Å². The van der Waals surface area contributed by atoms with Gasteiger partial charge in [-0.3, -0.25) is 0 Å². The quantitative estimate of drug-likeness (QED) is 0.735. The number of nitrogens with zero attached hydrogens (tertiary/aromatic N) is 1. The molecule has 0 bridgehead atoms. The Morgan fingerprint density at radius 1 is 1.07 bits per heavy atom. The minimum atomic E-state index is 0.140. The van der Waals surface area contributed by atoms with Gasteiger partial charge in [0.25, 0.3) is 0 Å². The third kappa shape index (κ3) is 1.33. The standard InChI is InChI=1S/C11H9NO2/c13-11-6-5-8(7-12-14)9-3-1-2-4-10(9)11/h1-6,13H,7H2. The van der Waals surface area contributed by atoms with Gasteiger partial charge in [-0.25, -0.2) is 0 Å². The SMILES string of the molecule is O=NCc1ccc(O)c2ccccc12. The Labute approximate surface area is 81.0 Å². The van der Waals surface area contributed by atoms with E-state index in [0.29, 0.717) is 0 Å². The van der Waals surface area contributed by atoms with Crippen molar-refractivity contribution in [3.05, 3.63) is 46.9 Å². The summed E-state index contributed by atoms with van der Waals surface area (Å²) in [5.74, 6) is 0.232. The Morgan fingerprint density at radius 3 is 2.50 bits per heavy atom. The third-order valence-corrected chi connectivity index (χ3v) is 2.23. The van der Waals surface area contributed by atoms with Crippen molar-refractivity contribution in [2.24, 2.45) is 5.18 Å². The van der Waals surface area contributed by atoms with E-state index in [4.69, 9.17) is 0 Å². The number of aromatic hydroxyl groups is 1. The molecule has 0 unspecified atom stereocenters. The highest BCUT2D eigenvalue weighted by molar-refractivity contribution is 5.90. The van der Waals surface area contributed by atoms with Crippen LogP contribution < -0.4 is 0 Å². The first-order valence-electron chi connectivity index (χ1n) is 4.31. The lowest BCUT2D eigenvalue weighted by Crippen LogP contribution is -1.84. The van der Waals surface area contributed by atoms with Crippen LogP contribution in [-0.2, 0) is 6.54 Å². The fourth-order valence-corrected chi connectivity index (χ4v) is 1.55. The average Bonchev–Trinajstić information content (AvgIpc) is 2.23. The predicted octanol–water partition coefficient (Wildman–Crippen LogP) is 2.81. The van der Waals surface area contributed by atoms with E-state index >= 15 is 0 Å². The van der Waals surface area contributed by atoms with Gasteiger partial charge in [0.2, 0.25) is 0 Å². The first-order chi connectivity index (χ1) is 6.83. The van der Waals surface area contributed by atoms with Crippen molar-refractivity contribution >= 4 is 10.8 Å². The van der Waals surface area contributed by atoms with Crippen LogP contribution in [0.25, 0.3) is 10.8 Å². The van der Waals surface area contributed by atoms with Gasteiger partial charge in [0.1, 0.15) is 12.3 Å². The molecule has 3 heteroatoms. The molecule has 2 aromatic rings. The topological polar surface area (TPSA) is 49.7 Å². The van der Waals surface area contributed by atoms with Gasteiger partial charge in [-0.15, -0.1) is 0 Å². The molecule has 0 heterocycles. The van der Waals surface area contributed by atoms with Crippen LogP contribution in [0.15, 0.2) is 41.6 Å². The monoisotopic (exact) mass is 187 g/mol. The number of fused-ring (bicyclic) bond motifs is 1. The molecule has 14 heavy (non-hydrogen) atoms. The molecule has 2 rings (SSSR count). The normalized spacial score (nSPS) is 10.3. The first kappa shape index (κ1) is 8.69. The fraction of sp³-hybridized carbons (Fsp3) is 0.0909. The zero-order valence-electron chi connectivity index (χ0n) is 7.47. The van der Waals surface area contributed by atoms with Crippen LogP contribution in [-0.4, -0.2) is 5.11 Å². The highest BCUT2D eigenvalue weighted by atomic mass is 16.3. The van der Waals surface area contributed by atoms with E-state index in [1.165, 1.54) is 0 Å². The lowest BCUT2D eigenvalue weighted by molar-refractivity contribution is 0.481. The predicted molar refractivity (Wildman–Crippen MR) is 55.1 cm³/mol. The zero-order valence-corrected chi connectivity index (χ0v) is 7.47. The van der Waals surface area contributed by atoms with Crippen LogP contribution in [0.1, 0.15) is 5.56 Å². The van der Waals surface area contributed by atoms with E-state index in [-0.39, 0.29) is 12.3 Å². The van der Waals surface area contributed by atoms with Crippen LogP contribution >= 0.6 is 0 Å². The number of nitroso groups, excluding NO2 is 1. The zero-order chi connectivity index (χ0) is 9.97. The van der Waals surface area contributed by atoms with Crippen LogP contribution in [0.3, 0.4) is 0 Å². The summed E-state index contributed by atoms with van der Waals surface area (Å²) in [6.45, 7) is 0.140. The minimum absolute atomic E-state index is 0.140. The van der Waals surface area contributed by atoms with Crippen molar-refractivity contribution in [2.45, 2.75) is 6.54 Å². The number of hydrogen-bond donors (Lipinski definition) is 1. The van der Waals surface area contributed by atoms with Crippen molar-refractivity contribution in [3.8, 4) is 5.75 Å². The molecule has 0 aromatic heterocycles. The average molecular weight is 187 g/mol. The Kier molecular flexibility index (Phi) is 2.14. The lowest BCUT2D eigenvalue weighted by Gasteiger charge is -2.04. The highest BCUT2D eigenvalue weighted by Gasteiger charge is 2.03. The molecule has 0 atom stereocenters. The summed E-state index contributed by atoms with van der Waals surface area (Å²) < 4.78 is 0. The maximum atomic E-state index is 10.2. The number of phenolic OH excluding ortho intramolecular Hbond substituents is 1. The number of benzene rings is 2. The number of rotatable bonds is 2. The summed E-state index contributed by atoms with van der Waals surface area (Å²) in [6.07, 6.45) is 0. The molecule has 2 aromatic carbocycles. The second-order valence-corrected chi connectivity index (χ2v) is 3.08. The lowest BCUT2D eigenvalue weighted by atomic mass is 10.0. The van der Waals surface area contributed by atoms with Gasteiger partial charge in [0.15, 0.2) is 0 Å². The Bertz CT molecular complexity index is 480. The number of phenols is 1. The van der Waals surface area contributed by atoms with Crippen LogP contribution in [0.2, 0.25) is 0 Å². The van der Waals surface area contributed by atoms with Crippen LogP contribution in [0, 0.1) is 4.91 Å². The molecule has 0 aliphatic heterocycles. The summed E-state index contributed by atoms with van der Waals surface area (Å²) in [5, 5.41) is 14.0. The largest absolute Gasteiger partial charge is 0.507 e. The smallest absolute Gasteiger partial charge is 0.123 e. The molecule has 3 nitrogen and oxygen atoms in total. The molecule has 0 saturated heterocycles. The van der Waals surface area contributed by atoms with E-state index < -0.39 is 0 Å². The summed E-state index contributed by atoms with van der Waals surface area (Å²) in [4.78, 5) is 10.2. The Balaban J connectivity index is 2.74. The second kappa shape index (κ2) is 3.46. The van der Waals surface area contributed by atoms with Crippen molar-refractivity contribution in [2.75, 3.05) is 0 Å². The second-order valence-electron chi connectivity index (χ2n) is 3.08. The molecule has 1 N–H and O–H groups in total. The summed E-state index contributed by atoms with van der Waals surface area (Å²) in [6, 6.07) is 10.7. The molecule has 0 saturated carbocycles. The molecular formula is C11H9NO2. The highest BCUT2D eigenvalue weighted by Crippen LogP contribution is 2.27. The maximum absolute atomic E-state index is 10.2. The molecule has 0 aliphatic carbocycles. The van der Waals surface area contributed by atoms with Crippen molar-refractivity contribution in [1.29, 1.82) is 0 Å². The van der Waals surface area contributed by atoms with Crippen molar-refractivity contribution in [1.82, 2.24) is 0 Å².